The van der Waals surface area contributed by atoms with Crippen LogP contribution in [-0.4, -0.2) is 59.4 Å². The first-order valence-electron chi connectivity index (χ1n) is 12.2. The maximum absolute atomic E-state index is 12.8. The Morgan fingerprint density at radius 1 is 1.03 bits per heavy atom. The number of carbonyl (C=O) groups excluding carboxylic acids is 2. The van der Waals surface area contributed by atoms with Crippen LogP contribution in [0.25, 0.3) is 10.9 Å². The lowest BCUT2D eigenvalue weighted by molar-refractivity contribution is -0.384. The Balaban J connectivity index is 1.28. The van der Waals surface area contributed by atoms with Crippen LogP contribution in [0, 0.1) is 17.0 Å². The largest absolute Gasteiger partial charge is 0.383 e. The molecule has 0 saturated heterocycles. The number of imide groups is 1. The van der Waals surface area contributed by atoms with Gasteiger partial charge in [-0.3, -0.25) is 35.5 Å². The van der Waals surface area contributed by atoms with Gasteiger partial charge in [-0.2, -0.15) is 4.37 Å². The summed E-state index contributed by atoms with van der Waals surface area (Å²) in [6, 6.07) is 17.3. The van der Waals surface area contributed by atoms with Crippen molar-refractivity contribution in [3.63, 3.8) is 0 Å². The first kappa shape index (κ1) is 26.1. The van der Waals surface area contributed by atoms with E-state index in [0.29, 0.717) is 46.7 Å². The molecule has 0 spiro atoms. The van der Waals surface area contributed by atoms with Crippen molar-refractivity contribution in [3.05, 3.63) is 87.5 Å². The number of benzene rings is 3. The summed E-state index contributed by atoms with van der Waals surface area (Å²) in [5, 5.41) is 12.5. The fourth-order valence-corrected chi connectivity index (χ4v) is 5.18. The molecule has 1 aromatic heterocycles. The van der Waals surface area contributed by atoms with E-state index in [-0.39, 0.29) is 24.0 Å². The number of methoxy groups -OCH3 is 1. The molecule has 2 N–H and O–H groups in total. The third kappa shape index (κ3) is 5.24. The van der Waals surface area contributed by atoms with Gasteiger partial charge < -0.3 is 9.64 Å². The number of anilines is 3. The number of nitrogens with one attached hydrogen (secondary N) is 2. The predicted molar refractivity (Wildman–Crippen MR) is 151 cm³/mol. The molecular formula is C27H26N6O5S. The van der Waals surface area contributed by atoms with Crippen LogP contribution in [0.2, 0.25) is 0 Å². The Hall–Kier alpha value is -4.55. The van der Waals surface area contributed by atoms with Crippen molar-refractivity contribution in [2.45, 2.75) is 6.92 Å². The van der Waals surface area contributed by atoms with Gasteiger partial charge in [0, 0.05) is 50.0 Å². The number of ether oxygens (including phenoxy) is 1. The molecule has 39 heavy (non-hydrogen) atoms. The second-order valence-corrected chi connectivity index (χ2v) is 9.78. The highest BCUT2D eigenvalue weighted by atomic mass is 32.1. The van der Waals surface area contributed by atoms with Gasteiger partial charge in [0.05, 0.1) is 33.9 Å². The van der Waals surface area contributed by atoms with E-state index in [0.717, 1.165) is 16.9 Å². The number of nitrogens with zero attached hydrogens (tertiary/aromatic N) is 4. The monoisotopic (exact) mass is 546 g/mol. The molecule has 1 aliphatic heterocycles. The average molecular weight is 547 g/mol. The van der Waals surface area contributed by atoms with Gasteiger partial charge in [0.1, 0.15) is 5.00 Å². The molecule has 12 heteroatoms. The summed E-state index contributed by atoms with van der Waals surface area (Å²) >= 11 is 1.21. The highest BCUT2D eigenvalue weighted by Crippen LogP contribution is 2.31. The second-order valence-electron chi connectivity index (χ2n) is 9.01. The van der Waals surface area contributed by atoms with E-state index in [9.17, 15) is 19.7 Å². The maximum atomic E-state index is 12.8. The van der Waals surface area contributed by atoms with Crippen molar-refractivity contribution in [2.75, 3.05) is 49.1 Å². The first-order chi connectivity index (χ1) is 18.9. The van der Waals surface area contributed by atoms with Crippen molar-refractivity contribution in [2.24, 2.45) is 0 Å². The van der Waals surface area contributed by atoms with Gasteiger partial charge in [-0.15, -0.1) is 0 Å². The maximum Gasteiger partial charge on any atom is 0.270 e. The molecule has 0 saturated carbocycles. The van der Waals surface area contributed by atoms with E-state index in [1.54, 1.807) is 37.4 Å². The zero-order valence-corrected chi connectivity index (χ0v) is 22.2. The van der Waals surface area contributed by atoms with Gasteiger partial charge in [0.2, 0.25) is 0 Å². The number of amides is 2. The van der Waals surface area contributed by atoms with Crippen LogP contribution in [0.5, 0.6) is 0 Å². The van der Waals surface area contributed by atoms with Gasteiger partial charge in [-0.25, -0.2) is 0 Å². The number of hydrazine groups is 1. The zero-order chi connectivity index (χ0) is 27.5. The summed E-state index contributed by atoms with van der Waals surface area (Å²) < 4.78 is 9.64. The number of rotatable bonds is 11. The summed E-state index contributed by atoms with van der Waals surface area (Å²) in [4.78, 5) is 39.7. The van der Waals surface area contributed by atoms with Crippen LogP contribution < -0.4 is 15.8 Å². The molecule has 4 aromatic rings. The van der Waals surface area contributed by atoms with Crippen LogP contribution in [0.1, 0.15) is 26.3 Å². The molecule has 0 atom stereocenters. The molecular weight excluding hydrogens is 520 g/mol. The number of carbonyl (C=O) groups is 2. The van der Waals surface area contributed by atoms with E-state index < -0.39 is 4.92 Å². The lowest BCUT2D eigenvalue weighted by Crippen LogP contribution is -2.39. The van der Waals surface area contributed by atoms with Crippen LogP contribution in [-0.2, 0) is 4.74 Å². The Bertz CT molecular complexity index is 1540. The molecule has 0 bridgehead atoms. The summed E-state index contributed by atoms with van der Waals surface area (Å²) in [7, 11) is 1.63. The van der Waals surface area contributed by atoms with Gasteiger partial charge in [0.15, 0.2) is 0 Å². The van der Waals surface area contributed by atoms with Crippen molar-refractivity contribution < 1.29 is 19.2 Å². The number of non-ortho nitro benzene ring substituents is 1. The van der Waals surface area contributed by atoms with Crippen LogP contribution >= 0.6 is 11.5 Å². The highest BCUT2D eigenvalue weighted by molar-refractivity contribution is 7.11. The molecule has 11 nitrogen and oxygen atoms in total. The minimum Gasteiger partial charge on any atom is -0.383 e. The number of aromatic nitrogens is 1. The van der Waals surface area contributed by atoms with Crippen LogP contribution in [0.4, 0.5) is 22.1 Å². The number of hydrogen-bond donors (Lipinski definition) is 2. The van der Waals surface area contributed by atoms with Crippen molar-refractivity contribution in [3.8, 4) is 0 Å². The third-order valence-electron chi connectivity index (χ3n) is 6.59. The van der Waals surface area contributed by atoms with Gasteiger partial charge in [-0.1, -0.05) is 12.1 Å². The molecule has 2 amide bonds. The lowest BCUT2D eigenvalue weighted by atomic mass is 10.1. The van der Waals surface area contributed by atoms with Crippen LogP contribution in [0.3, 0.4) is 0 Å². The summed E-state index contributed by atoms with van der Waals surface area (Å²) in [6.07, 6.45) is 0. The zero-order valence-electron chi connectivity index (χ0n) is 21.3. The van der Waals surface area contributed by atoms with E-state index in [4.69, 9.17) is 4.74 Å². The van der Waals surface area contributed by atoms with E-state index in [2.05, 4.69) is 20.1 Å². The fraction of sp³-hybridized carbons (Fsp3) is 0.222. The van der Waals surface area contributed by atoms with Crippen LogP contribution in [0.15, 0.2) is 60.7 Å². The standard InChI is InChI=1S/C27H26N6O5S/c1-17-15-18(7-9-23(17)28-29-25-22-16-19(33(36)37)8-10-24(22)30-39-25)31(13-14-38-2)11-12-32-26(34)20-5-3-4-6-21(20)27(32)35/h3-10,15-16,28-29H,11-14H2,1-2H3. The molecule has 5 rings (SSSR count). The normalized spacial score (nSPS) is 12.6. The number of nitro benzene ring substituents is 1. The summed E-state index contributed by atoms with van der Waals surface area (Å²) in [5.41, 5.74) is 10.5. The Labute approximate surface area is 228 Å². The van der Waals surface area contributed by atoms with Crippen molar-refractivity contribution in [1.82, 2.24) is 9.27 Å². The molecule has 2 heterocycles. The topological polar surface area (TPSA) is 130 Å². The Morgan fingerprint density at radius 3 is 2.44 bits per heavy atom. The van der Waals surface area contributed by atoms with Crippen molar-refractivity contribution >= 4 is 56.3 Å². The highest BCUT2D eigenvalue weighted by Gasteiger charge is 2.35. The van der Waals surface area contributed by atoms with Gasteiger partial charge in [-0.05, 0) is 60.4 Å². The molecule has 3 aromatic carbocycles. The Kier molecular flexibility index (Phi) is 7.39. The number of nitro groups is 1. The second kappa shape index (κ2) is 11.1. The lowest BCUT2D eigenvalue weighted by Gasteiger charge is -2.27. The molecule has 200 valence electrons. The number of hydrogen-bond acceptors (Lipinski definition) is 10. The third-order valence-corrected chi connectivity index (χ3v) is 7.39. The van der Waals surface area contributed by atoms with E-state index in [1.807, 2.05) is 25.1 Å². The fourth-order valence-electron chi connectivity index (χ4n) is 4.48. The number of fused-ring (bicyclic) bond motifs is 2. The number of aryl methyl sites for hydroxylation is 1. The smallest absolute Gasteiger partial charge is 0.270 e. The quantitative estimate of drug-likeness (QED) is 0.156. The van der Waals surface area contributed by atoms with E-state index >= 15 is 0 Å². The molecule has 0 fully saturated rings. The molecule has 0 unspecified atom stereocenters. The molecule has 0 radical (unpaired) electrons. The SMILES string of the molecule is COCCN(CCN1C(=O)c2ccccc2C1=O)c1ccc(NNc2snc3ccc([N+](=O)[O-])cc23)c(C)c1. The van der Waals surface area contributed by atoms with Crippen molar-refractivity contribution in [1.29, 1.82) is 0 Å². The first-order valence-corrected chi connectivity index (χ1v) is 13.0. The average Bonchev–Trinajstić information content (AvgIpc) is 3.46. The molecule has 1 aliphatic rings. The van der Waals surface area contributed by atoms with Gasteiger partial charge >= 0.3 is 0 Å². The minimum atomic E-state index is -0.430. The predicted octanol–water partition coefficient (Wildman–Crippen LogP) is 4.70. The van der Waals surface area contributed by atoms with Gasteiger partial charge in [0.25, 0.3) is 17.5 Å². The minimum absolute atomic E-state index is 0.00337. The van der Waals surface area contributed by atoms with E-state index in [1.165, 1.54) is 28.6 Å². The Morgan fingerprint density at radius 2 is 1.77 bits per heavy atom. The molecule has 0 aliphatic carbocycles. The summed E-state index contributed by atoms with van der Waals surface area (Å²) in [5.74, 6) is -0.546. The summed E-state index contributed by atoms with van der Waals surface area (Å²) in [6.45, 7) is 3.72.